The molecule has 0 aliphatic carbocycles. The Bertz CT molecular complexity index is 1350. The minimum atomic E-state index is -0.780. The van der Waals surface area contributed by atoms with E-state index in [0.717, 1.165) is 18.2 Å². The third kappa shape index (κ3) is 7.33. The van der Waals surface area contributed by atoms with Gasteiger partial charge in [-0.2, -0.15) is 5.10 Å². The van der Waals surface area contributed by atoms with E-state index in [1.54, 1.807) is 36.4 Å². The zero-order valence-corrected chi connectivity index (χ0v) is 19.2. The SMILES string of the molecule is O=C(CCC(=O)Nc1ccccc1Cl)NN=Cc1cccc(Oc2ccc([N+](=O)[O-])cc2[N+](=O)[O-])c1. The average Bonchev–Trinajstić information content (AvgIpc) is 2.84. The van der Waals surface area contributed by atoms with Crippen molar-refractivity contribution in [3.63, 3.8) is 0 Å². The van der Waals surface area contributed by atoms with Gasteiger partial charge in [0.05, 0.1) is 32.8 Å². The largest absolute Gasteiger partial charge is 0.450 e. The molecule has 3 aromatic carbocycles. The van der Waals surface area contributed by atoms with Crippen molar-refractivity contribution in [3.8, 4) is 11.5 Å². The maximum absolute atomic E-state index is 12.0. The number of benzene rings is 3. The van der Waals surface area contributed by atoms with Crippen LogP contribution in [0.3, 0.4) is 0 Å². The minimum absolute atomic E-state index is 0.0794. The van der Waals surface area contributed by atoms with Gasteiger partial charge in [-0.1, -0.05) is 35.9 Å². The number of nitrogens with one attached hydrogen (secondary N) is 2. The van der Waals surface area contributed by atoms with Crippen LogP contribution in [0.25, 0.3) is 0 Å². The van der Waals surface area contributed by atoms with Gasteiger partial charge in [0.15, 0.2) is 0 Å². The van der Waals surface area contributed by atoms with Gasteiger partial charge in [-0.15, -0.1) is 0 Å². The molecule has 2 amide bonds. The molecule has 36 heavy (non-hydrogen) atoms. The summed E-state index contributed by atoms with van der Waals surface area (Å²) in [7, 11) is 0. The fourth-order valence-electron chi connectivity index (χ4n) is 2.87. The quantitative estimate of drug-likeness (QED) is 0.223. The molecular weight excluding hydrogens is 494 g/mol. The van der Waals surface area contributed by atoms with Crippen molar-refractivity contribution in [2.45, 2.75) is 12.8 Å². The lowest BCUT2D eigenvalue weighted by molar-refractivity contribution is -0.394. The molecule has 3 aromatic rings. The summed E-state index contributed by atoms with van der Waals surface area (Å²) >= 11 is 5.98. The van der Waals surface area contributed by atoms with Gasteiger partial charge in [-0.3, -0.25) is 29.8 Å². The fourth-order valence-corrected chi connectivity index (χ4v) is 3.05. The van der Waals surface area contributed by atoms with Crippen molar-refractivity contribution >= 4 is 46.7 Å². The Balaban J connectivity index is 1.55. The maximum atomic E-state index is 12.0. The zero-order chi connectivity index (χ0) is 26.1. The normalized spacial score (nSPS) is 10.6. The Kier molecular flexibility index (Phi) is 8.62. The van der Waals surface area contributed by atoms with Gasteiger partial charge in [0.25, 0.3) is 5.69 Å². The summed E-state index contributed by atoms with van der Waals surface area (Å²) in [4.78, 5) is 44.6. The number of ether oxygens (including phenoxy) is 1. The first-order chi connectivity index (χ1) is 17.2. The van der Waals surface area contributed by atoms with Gasteiger partial charge in [-0.05, 0) is 35.9 Å². The Morgan fingerprint density at radius 3 is 2.42 bits per heavy atom. The Morgan fingerprint density at radius 2 is 1.69 bits per heavy atom. The summed E-state index contributed by atoms with van der Waals surface area (Å²) in [6.07, 6.45) is 1.13. The molecule has 0 fully saturated rings. The molecule has 0 saturated carbocycles. The number of hydrazone groups is 1. The molecule has 0 unspecified atom stereocenters. The van der Waals surface area contributed by atoms with Crippen LogP contribution in [0.4, 0.5) is 17.1 Å². The molecule has 0 radical (unpaired) electrons. The van der Waals surface area contributed by atoms with Gasteiger partial charge < -0.3 is 10.1 Å². The Morgan fingerprint density at radius 1 is 0.944 bits per heavy atom. The fraction of sp³-hybridized carbons (Fsp3) is 0.0870. The number of hydrogen-bond donors (Lipinski definition) is 2. The molecule has 184 valence electrons. The maximum Gasteiger partial charge on any atom is 0.318 e. The molecule has 13 heteroatoms. The number of amides is 2. The van der Waals surface area contributed by atoms with E-state index in [0.29, 0.717) is 16.3 Å². The summed E-state index contributed by atoms with van der Waals surface area (Å²) in [5.74, 6) is -0.844. The van der Waals surface area contributed by atoms with Gasteiger partial charge in [0.2, 0.25) is 17.6 Å². The molecule has 0 heterocycles. The molecule has 0 aliphatic rings. The number of para-hydroxylation sites is 1. The molecule has 0 aliphatic heterocycles. The number of non-ortho nitro benzene ring substituents is 1. The Hall–Kier alpha value is -4.84. The summed E-state index contributed by atoms with van der Waals surface area (Å²) in [6, 6.07) is 16.0. The van der Waals surface area contributed by atoms with Crippen LogP contribution in [0.5, 0.6) is 11.5 Å². The van der Waals surface area contributed by atoms with E-state index >= 15 is 0 Å². The third-order valence-corrected chi connectivity index (χ3v) is 4.90. The highest BCUT2D eigenvalue weighted by Crippen LogP contribution is 2.34. The van der Waals surface area contributed by atoms with Gasteiger partial charge in [-0.25, -0.2) is 5.43 Å². The molecule has 0 aromatic heterocycles. The monoisotopic (exact) mass is 511 g/mol. The molecule has 2 N–H and O–H groups in total. The zero-order valence-electron chi connectivity index (χ0n) is 18.4. The number of halogens is 1. The van der Waals surface area contributed by atoms with Crippen LogP contribution in [-0.4, -0.2) is 27.9 Å². The van der Waals surface area contributed by atoms with E-state index in [2.05, 4.69) is 15.8 Å². The molecular formula is C23H18ClN5O7. The van der Waals surface area contributed by atoms with Gasteiger partial charge >= 0.3 is 5.69 Å². The second-order valence-electron chi connectivity index (χ2n) is 7.16. The lowest BCUT2D eigenvalue weighted by Crippen LogP contribution is -2.20. The highest BCUT2D eigenvalue weighted by molar-refractivity contribution is 6.33. The van der Waals surface area contributed by atoms with E-state index in [1.807, 2.05) is 0 Å². The van der Waals surface area contributed by atoms with Crippen LogP contribution < -0.4 is 15.5 Å². The van der Waals surface area contributed by atoms with Crippen molar-refractivity contribution in [3.05, 3.63) is 97.5 Å². The van der Waals surface area contributed by atoms with Crippen molar-refractivity contribution < 1.29 is 24.2 Å². The Labute approximate surface area is 208 Å². The van der Waals surface area contributed by atoms with Gasteiger partial charge in [0.1, 0.15) is 5.75 Å². The number of anilines is 1. The molecule has 0 atom stereocenters. The molecule has 3 rings (SSSR count). The minimum Gasteiger partial charge on any atom is -0.450 e. The molecule has 0 spiro atoms. The highest BCUT2D eigenvalue weighted by Gasteiger charge is 2.21. The van der Waals surface area contributed by atoms with Crippen LogP contribution in [0.1, 0.15) is 18.4 Å². The number of hydrogen-bond acceptors (Lipinski definition) is 8. The first-order valence-electron chi connectivity index (χ1n) is 10.3. The highest BCUT2D eigenvalue weighted by atomic mass is 35.5. The lowest BCUT2D eigenvalue weighted by Gasteiger charge is -2.07. The van der Waals surface area contributed by atoms with Crippen LogP contribution in [0.15, 0.2) is 71.8 Å². The summed E-state index contributed by atoms with van der Waals surface area (Å²) in [5, 5.41) is 29.0. The lowest BCUT2D eigenvalue weighted by atomic mass is 10.2. The first-order valence-corrected chi connectivity index (χ1v) is 10.7. The smallest absolute Gasteiger partial charge is 0.318 e. The summed E-state index contributed by atoms with van der Waals surface area (Å²) in [6.45, 7) is 0. The number of carbonyl (C=O) groups is 2. The topological polar surface area (TPSA) is 166 Å². The predicted molar refractivity (Wildman–Crippen MR) is 131 cm³/mol. The van der Waals surface area contributed by atoms with Crippen molar-refractivity contribution in [1.82, 2.24) is 5.43 Å². The third-order valence-electron chi connectivity index (χ3n) is 4.57. The number of nitro benzene ring substituents is 2. The summed E-state index contributed by atoms with van der Waals surface area (Å²) in [5.41, 5.74) is 2.25. The number of carbonyl (C=O) groups excluding carboxylic acids is 2. The molecule has 0 saturated heterocycles. The van der Waals surface area contributed by atoms with E-state index in [9.17, 15) is 29.8 Å². The van der Waals surface area contributed by atoms with Crippen molar-refractivity contribution in [2.24, 2.45) is 5.10 Å². The number of nitro groups is 2. The number of nitrogens with zero attached hydrogens (tertiary/aromatic N) is 3. The van der Waals surface area contributed by atoms with Crippen LogP contribution in [-0.2, 0) is 9.59 Å². The van der Waals surface area contributed by atoms with Gasteiger partial charge in [0, 0.05) is 18.9 Å². The predicted octanol–water partition coefficient (Wildman–Crippen LogP) is 4.82. The van der Waals surface area contributed by atoms with Crippen LogP contribution >= 0.6 is 11.6 Å². The standard InChI is InChI=1S/C23H18ClN5O7/c24-18-6-1-2-7-19(18)26-22(30)10-11-23(31)27-25-14-15-4-3-5-17(12-15)36-21-9-8-16(28(32)33)13-20(21)29(34)35/h1-9,12-14H,10-11H2,(H,26,30)(H,27,31). The van der Waals surface area contributed by atoms with Crippen LogP contribution in [0.2, 0.25) is 5.02 Å². The second kappa shape index (κ2) is 12.0. The average molecular weight is 512 g/mol. The van der Waals surface area contributed by atoms with E-state index in [-0.39, 0.29) is 30.2 Å². The first kappa shape index (κ1) is 25.8. The molecule has 0 bridgehead atoms. The van der Waals surface area contributed by atoms with E-state index in [4.69, 9.17) is 16.3 Å². The number of rotatable bonds is 10. The van der Waals surface area contributed by atoms with Crippen molar-refractivity contribution in [2.75, 3.05) is 5.32 Å². The van der Waals surface area contributed by atoms with Crippen molar-refractivity contribution in [1.29, 1.82) is 0 Å². The molecule has 12 nitrogen and oxygen atoms in total. The second-order valence-corrected chi connectivity index (χ2v) is 7.57. The van der Waals surface area contributed by atoms with Crippen LogP contribution in [0, 0.1) is 20.2 Å². The summed E-state index contributed by atoms with van der Waals surface area (Å²) < 4.78 is 5.53. The van der Waals surface area contributed by atoms with E-state index < -0.39 is 27.1 Å². The van der Waals surface area contributed by atoms with E-state index in [1.165, 1.54) is 18.3 Å².